The van der Waals surface area contributed by atoms with Crippen LogP contribution in [0.15, 0.2) is 72.8 Å². The van der Waals surface area contributed by atoms with Gasteiger partial charge in [0.25, 0.3) is 0 Å². The number of hydrogen-bond acceptors (Lipinski definition) is 7. The number of carbonyl (C=O) groups is 3. The van der Waals surface area contributed by atoms with Crippen LogP contribution in [-0.2, 0) is 29.1 Å². The monoisotopic (exact) mass is 595 g/mol. The van der Waals surface area contributed by atoms with E-state index in [1.165, 1.54) is 9.91 Å². The summed E-state index contributed by atoms with van der Waals surface area (Å²) in [6.07, 6.45) is 5.06. The van der Waals surface area contributed by atoms with Crippen LogP contribution < -0.4 is 14.8 Å². The molecule has 0 unspecified atom stereocenters. The maximum atomic E-state index is 14.1. The van der Waals surface area contributed by atoms with Gasteiger partial charge < -0.3 is 29.7 Å². The number of phenols is 1. The Morgan fingerprint density at radius 1 is 0.955 bits per heavy atom. The van der Waals surface area contributed by atoms with Crippen LogP contribution in [0.2, 0.25) is 0 Å². The highest BCUT2D eigenvalue weighted by molar-refractivity contribution is 5.91. The molecule has 0 radical (unpaired) electrons. The highest BCUT2D eigenvalue weighted by Crippen LogP contribution is 2.33. The van der Waals surface area contributed by atoms with E-state index in [0.717, 1.165) is 16.7 Å². The van der Waals surface area contributed by atoms with Crippen molar-refractivity contribution < 1.29 is 29.0 Å². The van der Waals surface area contributed by atoms with E-state index in [1.54, 1.807) is 34.2 Å². The summed E-state index contributed by atoms with van der Waals surface area (Å²) in [7, 11) is 0. The van der Waals surface area contributed by atoms with Crippen LogP contribution in [-0.4, -0.2) is 87.8 Å². The van der Waals surface area contributed by atoms with Gasteiger partial charge in [0.1, 0.15) is 31.2 Å². The fraction of sp³-hybridized carbons (Fsp3) is 0.303. The zero-order valence-electron chi connectivity index (χ0n) is 24.1. The number of ether oxygens (including phenoxy) is 2. The average Bonchev–Trinajstić information content (AvgIpc) is 3.03. The van der Waals surface area contributed by atoms with Gasteiger partial charge in [-0.05, 0) is 41.0 Å². The Kier molecular flexibility index (Phi) is 8.25. The van der Waals surface area contributed by atoms with Gasteiger partial charge in [-0.1, -0.05) is 54.5 Å². The minimum atomic E-state index is -0.889. The van der Waals surface area contributed by atoms with Crippen LogP contribution in [0.4, 0.5) is 4.79 Å². The highest BCUT2D eigenvalue weighted by atomic mass is 16.6. The Bertz CT molecular complexity index is 1570. The molecule has 3 aliphatic rings. The predicted molar refractivity (Wildman–Crippen MR) is 160 cm³/mol. The predicted octanol–water partition coefficient (Wildman–Crippen LogP) is 2.35. The Labute approximate surface area is 255 Å². The van der Waals surface area contributed by atoms with Crippen molar-refractivity contribution in [2.24, 2.45) is 0 Å². The van der Waals surface area contributed by atoms with Gasteiger partial charge in [-0.15, -0.1) is 6.42 Å². The van der Waals surface area contributed by atoms with E-state index in [1.807, 2.05) is 48.5 Å². The summed E-state index contributed by atoms with van der Waals surface area (Å²) in [6.45, 7) is 1.37. The summed E-state index contributed by atoms with van der Waals surface area (Å²) in [5.74, 6) is 3.37. The third kappa shape index (κ3) is 5.98. The second kappa shape index (κ2) is 12.6. The molecule has 0 spiro atoms. The van der Waals surface area contributed by atoms with Crippen LogP contribution in [0.5, 0.6) is 17.2 Å². The molecule has 4 amide bonds. The average molecular weight is 596 g/mol. The fourth-order valence-corrected chi connectivity index (χ4v) is 5.90. The maximum absolute atomic E-state index is 14.1. The molecular formula is C33H33N5O6. The van der Waals surface area contributed by atoms with Gasteiger partial charge >= 0.3 is 6.03 Å². The first-order chi connectivity index (χ1) is 21.4. The van der Waals surface area contributed by atoms with Crippen molar-refractivity contribution in [3.05, 3.63) is 89.5 Å². The molecule has 6 rings (SSSR count). The van der Waals surface area contributed by atoms with Crippen LogP contribution >= 0.6 is 0 Å². The lowest BCUT2D eigenvalue weighted by Crippen LogP contribution is -2.76. The zero-order chi connectivity index (χ0) is 30.6. The molecule has 3 aromatic rings. The Balaban J connectivity index is 1.33. The molecule has 3 heterocycles. The molecule has 2 saturated heterocycles. The zero-order valence-corrected chi connectivity index (χ0v) is 24.1. The van der Waals surface area contributed by atoms with Crippen molar-refractivity contribution in [1.29, 1.82) is 0 Å². The lowest BCUT2D eigenvalue weighted by atomic mass is 9.98. The third-order valence-corrected chi connectivity index (χ3v) is 7.94. The van der Waals surface area contributed by atoms with Crippen molar-refractivity contribution in [3.63, 3.8) is 0 Å². The number of nitrogens with one attached hydrogen (secondary N) is 1. The number of piperazine rings is 1. The largest absolute Gasteiger partial charge is 0.508 e. The van der Waals surface area contributed by atoms with Gasteiger partial charge in [0.15, 0.2) is 11.5 Å². The van der Waals surface area contributed by atoms with E-state index >= 15 is 0 Å². The number of nitrogens with zero attached hydrogens (tertiary/aromatic N) is 4. The minimum absolute atomic E-state index is 0.0353. The number of fused-ring (bicyclic) bond motifs is 2. The second-order valence-corrected chi connectivity index (χ2v) is 10.9. The number of rotatable bonds is 7. The van der Waals surface area contributed by atoms with Crippen molar-refractivity contribution >= 4 is 17.8 Å². The Morgan fingerprint density at radius 3 is 2.43 bits per heavy atom. The second-order valence-electron chi connectivity index (χ2n) is 10.9. The van der Waals surface area contributed by atoms with Gasteiger partial charge in [0, 0.05) is 19.5 Å². The first-order valence-electron chi connectivity index (χ1n) is 14.5. The number of benzene rings is 3. The van der Waals surface area contributed by atoms with Gasteiger partial charge in [0.2, 0.25) is 11.8 Å². The number of carbonyl (C=O) groups excluding carboxylic acids is 3. The topological polar surface area (TPSA) is 115 Å². The number of terminal acetylenes is 1. The summed E-state index contributed by atoms with van der Waals surface area (Å²) < 4.78 is 11.4. The lowest BCUT2D eigenvalue weighted by Gasteiger charge is -2.55. The van der Waals surface area contributed by atoms with Crippen molar-refractivity contribution in [3.8, 4) is 29.6 Å². The molecule has 0 aliphatic carbocycles. The van der Waals surface area contributed by atoms with Crippen molar-refractivity contribution in [1.82, 2.24) is 25.1 Å². The molecule has 2 N–H and O–H groups in total. The molecular weight excluding hydrogens is 562 g/mol. The summed E-state index contributed by atoms with van der Waals surface area (Å²) >= 11 is 0. The minimum Gasteiger partial charge on any atom is -0.508 e. The van der Waals surface area contributed by atoms with Gasteiger partial charge in [0.05, 0.1) is 19.6 Å². The molecule has 2 atom stereocenters. The van der Waals surface area contributed by atoms with Gasteiger partial charge in [-0.25, -0.2) is 9.80 Å². The fourth-order valence-electron chi connectivity index (χ4n) is 5.90. The normalized spacial score (nSPS) is 19.8. The first kappa shape index (κ1) is 28.9. The number of phenolic OH excluding ortho intramolecular Hbond substituents is 1. The molecule has 44 heavy (non-hydrogen) atoms. The first-order valence-corrected chi connectivity index (χ1v) is 14.5. The smallest absolute Gasteiger partial charge is 0.334 e. The molecule has 11 heteroatoms. The van der Waals surface area contributed by atoms with Crippen molar-refractivity contribution in [2.75, 3.05) is 32.8 Å². The maximum Gasteiger partial charge on any atom is 0.334 e. The number of hydrazine groups is 1. The lowest BCUT2D eigenvalue weighted by molar-refractivity contribution is -0.189. The molecule has 226 valence electrons. The van der Waals surface area contributed by atoms with Crippen molar-refractivity contribution in [2.45, 2.75) is 31.7 Å². The van der Waals surface area contributed by atoms with Gasteiger partial charge in [-0.3, -0.25) is 9.59 Å². The van der Waals surface area contributed by atoms with Crippen LogP contribution in [0, 0.1) is 12.3 Å². The van der Waals surface area contributed by atoms with Crippen LogP contribution in [0.1, 0.15) is 16.7 Å². The number of urea groups is 1. The third-order valence-electron chi connectivity index (χ3n) is 7.94. The van der Waals surface area contributed by atoms with Crippen LogP contribution in [0.3, 0.4) is 0 Å². The summed E-state index contributed by atoms with van der Waals surface area (Å²) in [4.78, 5) is 44.9. The Hall–Kier alpha value is -5.21. The standard InChI is InChI=1S/C33H33N5O6/c1-2-14-36-22-31(40)37-27(17-23-8-11-26(39)12-9-23)32(41)35(20-25-10-13-28-29(18-25)44-16-15-43-28)21-30(37)38(36)33(42)34-19-24-6-4-3-5-7-24/h1,3-13,18,27,30,39H,14-17,19-22H2,(H,34,42)/t27-,30-/m0/s1. The summed E-state index contributed by atoms with van der Waals surface area (Å²) in [5.41, 5.74) is 2.50. The summed E-state index contributed by atoms with van der Waals surface area (Å²) in [5, 5.41) is 15.8. The quantitative estimate of drug-likeness (QED) is 0.403. The van der Waals surface area contributed by atoms with E-state index in [0.29, 0.717) is 24.7 Å². The number of hydrogen-bond donors (Lipinski definition) is 2. The van der Waals surface area contributed by atoms with Gasteiger partial charge in [-0.2, -0.15) is 5.01 Å². The number of amides is 4. The molecule has 0 aromatic heterocycles. The molecule has 3 aliphatic heterocycles. The van der Waals surface area contributed by atoms with E-state index < -0.39 is 18.2 Å². The molecule has 11 nitrogen and oxygen atoms in total. The molecule has 3 aromatic carbocycles. The molecule has 0 bridgehead atoms. The van der Waals surface area contributed by atoms with E-state index in [9.17, 15) is 19.5 Å². The molecule has 2 fully saturated rings. The van der Waals surface area contributed by atoms with E-state index in [-0.39, 0.29) is 56.7 Å². The highest BCUT2D eigenvalue weighted by Gasteiger charge is 2.51. The van der Waals surface area contributed by atoms with E-state index in [2.05, 4.69) is 11.2 Å². The number of aromatic hydroxyl groups is 1. The van der Waals surface area contributed by atoms with Crippen LogP contribution in [0.25, 0.3) is 0 Å². The van der Waals surface area contributed by atoms with E-state index in [4.69, 9.17) is 15.9 Å². The molecule has 0 saturated carbocycles. The Morgan fingerprint density at radius 2 is 1.68 bits per heavy atom. The summed E-state index contributed by atoms with van der Waals surface area (Å²) in [6, 6.07) is 20.3. The SMILES string of the molecule is C#CCN1CC(=O)N2[C@@H](Cc3ccc(O)cc3)C(=O)N(Cc3ccc4c(c3)OCCO4)C[C@@H]2N1C(=O)NCc1ccccc1.